The number of halogens is 1. The highest BCUT2D eigenvalue weighted by Gasteiger charge is 2.12. The molecule has 0 bridgehead atoms. The highest BCUT2D eigenvalue weighted by Crippen LogP contribution is 1.92. The molecular weight excluding hydrogens is 168 g/mol. The topological polar surface area (TPSA) is 62.0 Å². The molecule has 5 heteroatoms. The molecule has 0 saturated carbocycles. The monoisotopic (exact) mass is 174 g/mol. The Kier molecular flexibility index (Phi) is 4.14. The van der Waals surface area contributed by atoms with Gasteiger partial charge in [0.15, 0.2) is 10.9 Å². The van der Waals surface area contributed by atoms with E-state index < -0.39 is 5.97 Å². The van der Waals surface area contributed by atoms with Crippen molar-refractivity contribution in [1.29, 1.82) is 0 Å². The zero-order valence-corrected chi connectivity index (χ0v) is 6.67. The molecule has 0 aliphatic heterocycles. The minimum atomic E-state index is -1.21. The highest BCUT2D eigenvalue weighted by molar-refractivity contribution is 6.91. The van der Waals surface area contributed by atoms with Crippen LogP contribution < -0.4 is 0 Å². The minimum absolute atomic E-state index is 0.171. The predicted octanol–water partition coefficient (Wildman–Crippen LogP) is 0.923. The third kappa shape index (κ3) is 2.95. The van der Waals surface area contributed by atoms with Gasteiger partial charge in [-0.15, -0.1) is 0 Å². The molecule has 0 saturated heterocycles. The summed E-state index contributed by atoms with van der Waals surface area (Å²) >= 11 is 5.41. The van der Waals surface area contributed by atoms with Crippen LogP contribution >= 0.6 is 11.6 Å². The molecule has 0 rings (SSSR count). The van der Waals surface area contributed by atoms with Crippen LogP contribution in [0.15, 0.2) is 22.8 Å². The number of hydrogen-bond donors (Lipinski definition) is 1. The molecule has 0 atom stereocenters. The normalized spacial score (nSPS) is 12.9. The Morgan fingerprint density at radius 1 is 1.73 bits per heavy atom. The highest BCUT2D eigenvalue weighted by atomic mass is 35.5. The molecule has 0 fully saturated rings. The summed E-state index contributed by atoms with van der Waals surface area (Å²) in [6.07, 6.45) is 1.15. The van der Waals surface area contributed by atoms with Crippen LogP contribution in [0.2, 0.25) is 0 Å². The van der Waals surface area contributed by atoms with Crippen LogP contribution in [0.3, 0.4) is 0 Å². The molecular formula is C6H7ClN2O2. The fraction of sp³-hybridized carbons (Fsp3) is 0.167. The third-order valence-corrected chi connectivity index (χ3v) is 1.10. The number of aliphatic carboxylic acids is 1. The van der Waals surface area contributed by atoms with Crippen molar-refractivity contribution < 1.29 is 9.90 Å². The molecule has 0 aliphatic rings. The van der Waals surface area contributed by atoms with Crippen LogP contribution in [0.1, 0.15) is 0 Å². The number of hydrogen-bond acceptors (Lipinski definition) is 3. The second kappa shape index (κ2) is 4.62. The maximum absolute atomic E-state index is 10.3. The molecule has 1 N–H and O–H groups in total. The van der Waals surface area contributed by atoms with Gasteiger partial charge in [-0.3, -0.25) is 4.99 Å². The van der Waals surface area contributed by atoms with Crippen molar-refractivity contribution in [3.05, 3.63) is 12.8 Å². The standard InChI is InChI=1S/C6H7ClN2O2/c1-3-9-5(7)4(8-2)6(10)11/h3H,1H2,2H3,(H,10,11). The van der Waals surface area contributed by atoms with Gasteiger partial charge in [-0.1, -0.05) is 18.2 Å². The van der Waals surface area contributed by atoms with Gasteiger partial charge in [0.05, 0.1) is 0 Å². The van der Waals surface area contributed by atoms with Crippen LogP contribution in [-0.4, -0.2) is 29.0 Å². The average molecular weight is 175 g/mol. The first-order valence-electron chi connectivity index (χ1n) is 2.68. The van der Waals surface area contributed by atoms with E-state index in [2.05, 4.69) is 16.6 Å². The number of nitrogens with zero attached hydrogens (tertiary/aromatic N) is 2. The summed E-state index contributed by atoms with van der Waals surface area (Å²) in [5, 5.41) is 8.27. The average Bonchev–Trinajstić information content (AvgIpc) is 1.88. The first-order valence-corrected chi connectivity index (χ1v) is 3.06. The van der Waals surface area contributed by atoms with Gasteiger partial charge in [-0.05, 0) is 0 Å². The summed E-state index contributed by atoms with van der Waals surface area (Å²) in [5.74, 6) is -1.21. The fourth-order valence-corrected chi connectivity index (χ4v) is 0.652. The van der Waals surface area contributed by atoms with E-state index in [1.54, 1.807) is 0 Å². The Hall–Kier alpha value is -1.16. The number of carbonyl (C=O) groups is 1. The molecule has 60 valence electrons. The van der Waals surface area contributed by atoms with E-state index in [0.717, 1.165) is 6.20 Å². The van der Waals surface area contributed by atoms with Crippen molar-refractivity contribution in [2.24, 2.45) is 9.98 Å². The fourth-order valence-electron chi connectivity index (χ4n) is 0.417. The van der Waals surface area contributed by atoms with Crippen molar-refractivity contribution >= 4 is 28.5 Å². The molecule has 0 unspecified atom stereocenters. The van der Waals surface area contributed by atoms with Gasteiger partial charge in [0.2, 0.25) is 0 Å². The molecule has 0 amide bonds. The van der Waals surface area contributed by atoms with Gasteiger partial charge in [0, 0.05) is 13.2 Å². The lowest BCUT2D eigenvalue weighted by atomic mass is 10.4. The van der Waals surface area contributed by atoms with Gasteiger partial charge in [0.1, 0.15) is 0 Å². The first-order chi connectivity index (χ1) is 5.13. The van der Waals surface area contributed by atoms with Crippen LogP contribution in [0, 0.1) is 0 Å². The maximum atomic E-state index is 10.3. The van der Waals surface area contributed by atoms with E-state index in [1.165, 1.54) is 7.05 Å². The summed E-state index contributed by atoms with van der Waals surface area (Å²) < 4.78 is 0. The molecule has 0 aromatic rings. The lowest BCUT2D eigenvalue weighted by molar-refractivity contribution is -0.129. The smallest absolute Gasteiger partial charge is 0.357 e. The van der Waals surface area contributed by atoms with Crippen molar-refractivity contribution in [3.63, 3.8) is 0 Å². The lowest BCUT2D eigenvalue weighted by Crippen LogP contribution is -2.19. The van der Waals surface area contributed by atoms with Gasteiger partial charge in [0.25, 0.3) is 0 Å². The molecule has 4 nitrogen and oxygen atoms in total. The summed E-state index contributed by atoms with van der Waals surface area (Å²) in [4.78, 5) is 17.2. The summed E-state index contributed by atoms with van der Waals surface area (Å²) in [6.45, 7) is 3.26. The van der Waals surface area contributed by atoms with Crippen molar-refractivity contribution in [2.75, 3.05) is 7.05 Å². The molecule has 11 heavy (non-hydrogen) atoms. The molecule has 0 radical (unpaired) electrons. The zero-order valence-electron chi connectivity index (χ0n) is 5.91. The Labute approximate surface area is 68.9 Å². The molecule has 0 aromatic carbocycles. The van der Waals surface area contributed by atoms with Crippen LogP contribution in [0.4, 0.5) is 0 Å². The summed E-state index contributed by atoms with van der Waals surface area (Å²) in [5.41, 5.74) is -0.272. The van der Waals surface area contributed by atoms with Crippen LogP contribution in [0.5, 0.6) is 0 Å². The quantitative estimate of drug-likeness (QED) is 0.647. The van der Waals surface area contributed by atoms with E-state index >= 15 is 0 Å². The van der Waals surface area contributed by atoms with Crippen LogP contribution in [0.25, 0.3) is 0 Å². The second-order valence-corrected chi connectivity index (χ2v) is 1.84. The number of rotatable bonds is 3. The summed E-state index contributed by atoms with van der Waals surface area (Å²) in [6, 6.07) is 0. The lowest BCUT2D eigenvalue weighted by Gasteiger charge is -1.93. The Morgan fingerprint density at radius 2 is 2.27 bits per heavy atom. The predicted molar refractivity (Wildman–Crippen MR) is 44.5 cm³/mol. The molecule has 0 aromatic heterocycles. The van der Waals surface area contributed by atoms with E-state index in [9.17, 15) is 4.79 Å². The SMILES string of the molecule is C=CN=C(Cl)C(=NC)C(=O)O. The van der Waals surface area contributed by atoms with E-state index in [1.807, 2.05) is 0 Å². The van der Waals surface area contributed by atoms with E-state index in [0.29, 0.717) is 0 Å². The maximum Gasteiger partial charge on any atom is 0.357 e. The number of carboxylic acids is 1. The largest absolute Gasteiger partial charge is 0.476 e. The van der Waals surface area contributed by atoms with Gasteiger partial charge in [-0.25, -0.2) is 9.79 Å². The number of aliphatic imine (C=N–C) groups is 2. The summed E-state index contributed by atoms with van der Waals surface area (Å²) in [7, 11) is 1.32. The van der Waals surface area contributed by atoms with E-state index in [4.69, 9.17) is 16.7 Å². The van der Waals surface area contributed by atoms with E-state index in [-0.39, 0.29) is 10.9 Å². The zero-order chi connectivity index (χ0) is 8.85. The van der Waals surface area contributed by atoms with Crippen molar-refractivity contribution in [1.82, 2.24) is 0 Å². The van der Waals surface area contributed by atoms with Gasteiger partial charge < -0.3 is 5.11 Å². The second-order valence-electron chi connectivity index (χ2n) is 1.48. The Bertz CT molecular complexity index is 233. The number of carboxylic acid groups (broad SMARTS) is 1. The van der Waals surface area contributed by atoms with Crippen molar-refractivity contribution in [3.8, 4) is 0 Å². The third-order valence-electron chi connectivity index (χ3n) is 0.826. The van der Waals surface area contributed by atoms with Gasteiger partial charge in [-0.2, -0.15) is 0 Å². The van der Waals surface area contributed by atoms with Crippen LogP contribution in [-0.2, 0) is 4.79 Å². The Morgan fingerprint density at radius 3 is 2.55 bits per heavy atom. The van der Waals surface area contributed by atoms with Crippen molar-refractivity contribution in [2.45, 2.75) is 0 Å². The first kappa shape index (κ1) is 9.84. The van der Waals surface area contributed by atoms with Gasteiger partial charge >= 0.3 is 5.97 Å². The Balaban J connectivity index is 4.67. The molecule has 0 aliphatic carbocycles. The minimum Gasteiger partial charge on any atom is -0.476 e. The molecule has 0 heterocycles. The molecule has 0 spiro atoms.